The zero-order valence-electron chi connectivity index (χ0n) is 9.67. The maximum absolute atomic E-state index is 12.2. The van der Waals surface area contributed by atoms with Crippen LogP contribution in [0, 0.1) is 0 Å². The van der Waals surface area contributed by atoms with Crippen molar-refractivity contribution in [3.8, 4) is 0 Å². The van der Waals surface area contributed by atoms with E-state index in [-0.39, 0.29) is 5.25 Å². The van der Waals surface area contributed by atoms with Gasteiger partial charge in [-0.2, -0.15) is 13.2 Å². The fraction of sp³-hybridized carbons (Fsp3) is 0.600. The number of hydrogen-bond acceptors (Lipinski definition) is 2. The summed E-state index contributed by atoms with van der Waals surface area (Å²) in [6.45, 7) is 1.99. The molecule has 2 nitrogen and oxygen atoms in total. The first kappa shape index (κ1) is 13.3. The molecule has 0 unspecified atom stereocenters. The van der Waals surface area contributed by atoms with Crippen LogP contribution in [-0.2, 0) is 6.18 Å². The Morgan fingerprint density at radius 2 is 1.56 bits per heavy atom. The molecule has 6 heteroatoms. The van der Waals surface area contributed by atoms with E-state index in [1.54, 1.807) is 0 Å². The van der Waals surface area contributed by atoms with Crippen LogP contribution in [0.25, 0.3) is 0 Å². The molecule has 0 saturated carbocycles. The van der Waals surface area contributed by atoms with E-state index in [2.05, 4.69) is 28.7 Å². The first-order valence-electron chi connectivity index (χ1n) is 4.68. The van der Waals surface area contributed by atoms with Crippen molar-refractivity contribution in [1.82, 2.24) is 9.97 Å². The standard InChI is InChI=1S/C10H15F3N2S/c1-7(16(2,3)4)8-5-14-9(15-6-8)10(11,12)13/h5-7H,1-4H3/t7-/m1/s1. The van der Waals surface area contributed by atoms with E-state index in [0.717, 1.165) is 5.56 Å². The van der Waals surface area contributed by atoms with E-state index in [1.165, 1.54) is 12.4 Å². The average molecular weight is 252 g/mol. The van der Waals surface area contributed by atoms with Crippen LogP contribution in [0.1, 0.15) is 23.6 Å². The summed E-state index contributed by atoms with van der Waals surface area (Å²) in [7, 11) is -0.865. The van der Waals surface area contributed by atoms with Crippen LogP contribution in [0.4, 0.5) is 13.2 Å². The second kappa shape index (κ2) is 4.24. The predicted octanol–water partition coefficient (Wildman–Crippen LogP) is 3.25. The lowest BCUT2D eigenvalue weighted by Crippen LogP contribution is -2.12. The van der Waals surface area contributed by atoms with E-state index < -0.39 is 22.0 Å². The topological polar surface area (TPSA) is 25.8 Å². The summed E-state index contributed by atoms with van der Waals surface area (Å²) >= 11 is 0. The van der Waals surface area contributed by atoms with E-state index in [1.807, 2.05) is 6.92 Å². The highest BCUT2D eigenvalue weighted by atomic mass is 32.3. The molecule has 0 radical (unpaired) electrons. The highest BCUT2D eigenvalue weighted by Gasteiger charge is 2.34. The summed E-state index contributed by atoms with van der Waals surface area (Å²) in [5.74, 6) is -1.08. The average Bonchev–Trinajstić information content (AvgIpc) is 2.14. The van der Waals surface area contributed by atoms with Crippen LogP contribution in [0.3, 0.4) is 0 Å². The Labute approximate surface area is 94.6 Å². The normalized spacial score (nSPS) is 15.9. The molecule has 0 spiro atoms. The number of hydrogen-bond donors (Lipinski definition) is 0. The molecule has 0 aliphatic rings. The third kappa shape index (κ3) is 3.10. The predicted molar refractivity (Wildman–Crippen MR) is 60.8 cm³/mol. The fourth-order valence-electron chi connectivity index (χ4n) is 1.10. The van der Waals surface area contributed by atoms with Gasteiger partial charge in [0.1, 0.15) is 0 Å². The highest BCUT2D eigenvalue weighted by Crippen LogP contribution is 2.50. The van der Waals surface area contributed by atoms with Crippen molar-refractivity contribution in [2.24, 2.45) is 0 Å². The molecule has 1 rings (SSSR count). The molecule has 1 aromatic rings. The van der Waals surface area contributed by atoms with Gasteiger partial charge in [-0.3, -0.25) is 0 Å². The summed E-state index contributed by atoms with van der Waals surface area (Å²) in [6, 6.07) is 0. The zero-order chi connectivity index (χ0) is 12.6. The number of halogens is 3. The van der Waals surface area contributed by atoms with Crippen molar-refractivity contribution in [2.45, 2.75) is 18.3 Å². The van der Waals surface area contributed by atoms with Gasteiger partial charge in [0.15, 0.2) is 0 Å². The second-order valence-electron chi connectivity index (χ2n) is 4.41. The lowest BCUT2D eigenvalue weighted by atomic mass is 10.2. The van der Waals surface area contributed by atoms with Crippen molar-refractivity contribution in [2.75, 3.05) is 18.8 Å². The van der Waals surface area contributed by atoms with Gasteiger partial charge < -0.3 is 0 Å². The Kier molecular flexibility index (Phi) is 3.52. The lowest BCUT2D eigenvalue weighted by Gasteiger charge is -2.33. The molecule has 16 heavy (non-hydrogen) atoms. The van der Waals surface area contributed by atoms with Crippen LogP contribution < -0.4 is 0 Å². The largest absolute Gasteiger partial charge is 0.451 e. The quantitative estimate of drug-likeness (QED) is 0.807. The Hall–Kier alpha value is -0.780. The molecule has 0 aliphatic heterocycles. The minimum absolute atomic E-state index is 0.190. The van der Waals surface area contributed by atoms with Crippen molar-refractivity contribution in [3.63, 3.8) is 0 Å². The van der Waals surface area contributed by atoms with Gasteiger partial charge in [0.05, 0.1) is 0 Å². The fourth-order valence-corrected chi connectivity index (χ4v) is 2.04. The molecule has 1 aromatic heterocycles. The second-order valence-corrected chi connectivity index (χ2v) is 8.98. The van der Waals surface area contributed by atoms with Gasteiger partial charge in [-0.1, -0.05) is 6.92 Å². The molecular weight excluding hydrogens is 237 g/mol. The molecule has 0 fully saturated rings. The van der Waals surface area contributed by atoms with Gasteiger partial charge >= 0.3 is 6.18 Å². The third-order valence-corrected chi connectivity index (χ3v) is 4.85. The maximum Gasteiger partial charge on any atom is 0.451 e. The third-order valence-electron chi connectivity index (χ3n) is 2.46. The number of nitrogens with zero attached hydrogens (tertiary/aromatic N) is 2. The Bertz CT molecular complexity index is 354. The lowest BCUT2D eigenvalue weighted by molar-refractivity contribution is -0.145. The first-order chi connectivity index (χ1) is 7.12. The summed E-state index contributed by atoms with van der Waals surface area (Å²) in [5.41, 5.74) is 0.760. The van der Waals surface area contributed by atoms with Crippen LogP contribution in [-0.4, -0.2) is 28.7 Å². The summed E-state index contributed by atoms with van der Waals surface area (Å²) in [5, 5.41) is 0.190. The Morgan fingerprint density at radius 1 is 1.12 bits per heavy atom. The van der Waals surface area contributed by atoms with Crippen molar-refractivity contribution in [1.29, 1.82) is 0 Å². The summed E-state index contributed by atoms with van der Waals surface area (Å²) in [6.07, 6.45) is 4.41. The number of rotatable bonds is 2. The molecule has 0 bridgehead atoms. The van der Waals surface area contributed by atoms with Crippen molar-refractivity contribution in [3.05, 3.63) is 23.8 Å². The molecule has 0 N–H and O–H groups in total. The highest BCUT2D eigenvalue weighted by molar-refractivity contribution is 8.32. The molecule has 0 aliphatic carbocycles. The maximum atomic E-state index is 12.2. The minimum atomic E-state index is -4.46. The number of aromatic nitrogens is 2. The molecule has 0 saturated heterocycles. The van der Waals surface area contributed by atoms with E-state index in [4.69, 9.17) is 0 Å². The minimum Gasteiger partial charge on any atom is -0.243 e. The first-order valence-corrected chi connectivity index (χ1v) is 7.61. The molecule has 1 heterocycles. The van der Waals surface area contributed by atoms with Gasteiger partial charge in [-0.05, 0) is 18.8 Å². The van der Waals surface area contributed by atoms with E-state index >= 15 is 0 Å². The smallest absolute Gasteiger partial charge is 0.243 e. The molecule has 1 atom stereocenters. The van der Waals surface area contributed by atoms with Crippen LogP contribution in [0.5, 0.6) is 0 Å². The summed E-state index contributed by atoms with van der Waals surface area (Å²) < 4.78 is 36.7. The van der Waals surface area contributed by atoms with E-state index in [9.17, 15) is 13.2 Å². The monoisotopic (exact) mass is 252 g/mol. The van der Waals surface area contributed by atoms with Gasteiger partial charge in [-0.15, -0.1) is 0 Å². The van der Waals surface area contributed by atoms with Gasteiger partial charge in [0, 0.05) is 23.2 Å². The van der Waals surface area contributed by atoms with Gasteiger partial charge in [0.25, 0.3) is 0 Å². The van der Waals surface area contributed by atoms with E-state index in [0.29, 0.717) is 0 Å². The molecule has 92 valence electrons. The van der Waals surface area contributed by atoms with Crippen molar-refractivity contribution >= 4 is 10.0 Å². The number of alkyl halides is 3. The molecular formula is C10H15F3N2S. The van der Waals surface area contributed by atoms with Gasteiger partial charge in [0.2, 0.25) is 5.82 Å². The molecule has 0 aromatic carbocycles. The van der Waals surface area contributed by atoms with Gasteiger partial charge in [-0.25, -0.2) is 20.0 Å². The van der Waals surface area contributed by atoms with Crippen LogP contribution in [0.15, 0.2) is 12.4 Å². The van der Waals surface area contributed by atoms with Crippen LogP contribution >= 0.6 is 10.0 Å². The van der Waals surface area contributed by atoms with Crippen molar-refractivity contribution < 1.29 is 13.2 Å². The van der Waals surface area contributed by atoms with Crippen LogP contribution in [0.2, 0.25) is 0 Å². The summed E-state index contributed by atoms with van der Waals surface area (Å²) in [4.78, 5) is 6.72. The SMILES string of the molecule is C[C@H](c1cnc(C(F)(F)F)nc1)S(C)(C)C. The Morgan fingerprint density at radius 3 is 1.88 bits per heavy atom. The zero-order valence-corrected chi connectivity index (χ0v) is 10.5. The molecule has 0 amide bonds. The Balaban J connectivity index is 2.96.